The van der Waals surface area contributed by atoms with Crippen molar-refractivity contribution in [3.05, 3.63) is 0 Å². The number of ether oxygens (including phenoxy) is 1. The van der Waals surface area contributed by atoms with E-state index in [0.717, 1.165) is 0 Å². The summed E-state index contributed by atoms with van der Waals surface area (Å²) in [5.74, 6) is 0. The molecule has 0 aliphatic carbocycles. The predicted octanol–water partition coefficient (Wildman–Crippen LogP) is 0.650. The van der Waals surface area contributed by atoms with E-state index in [1.807, 2.05) is 0 Å². The van der Waals surface area contributed by atoms with E-state index in [-0.39, 0.29) is 13.1 Å². The molecule has 0 radical (unpaired) electrons. The molecule has 1 amide bonds. The van der Waals surface area contributed by atoms with E-state index in [2.05, 4.69) is 0 Å². The maximum atomic E-state index is 11.4. The van der Waals surface area contributed by atoms with Crippen molar-refractivity contribution in [3.63, 3.8) is 0 Å². The van der Waals surface area contributed by atoms with Crippen LogP contribution in [-0.4, -0.2) is 49.6 Å². The van der Waals surface area contributed by atoms with Gasteiger partial charge < -0.3 is 9.64 Å². The molecule has 1 fully saturated rings. The summed E-state index contributed by atoms with van der Waals surface area (Å²) in [4.78, 5) is 12.8. The molecule has 0 aromatic rings. The average molecular weight is 235 g/mol. The van der Waals surface area contributed by atoms with Gasteiger partial charge in [-0.2, -0.15) is 0 Å². The summed E-state index contributed by atoms with van der Waals surface area (Å²) in [6.45, 7) is 5.82. The lowest BCUT2D eigenvalue weighted by atomic mass is 10.2. The van der Waals surface area contributed by atoms with Crippen molar-refractivity contribution >= 4 is 15.9 Å². The van der Waals surface area contributed by atoms with Gasteiger partial charge in [0, 0.05) is 19.3 Å². The van der Waals surface area contributed by atoms with Gasteiger partial charge in [0.05, 0.1) is 5.25 Å². The second kappa shape index (κ2) is 3.66. The van der Waals surface area contributed by atoms with Gasteiger partial charge in [0.15, 0.2) is 9.84 Å². The summed E-state index contributed by atoms with van der Waals surface area (Å²) < 4.78 is 27.3. The van der Waals surface area contributed by atoms with E-state index >= 15 is 0 Å². The zero-order chi connectivity index (χ0) is 11.9. The molecule has 0 spiro atoms. The molecule has 0 atom stereocenters. The fraction of sp³-hybridized carbons (Fsp3) is 0.889. The second-order valence-corrected chi connectivity index (χ2v) is 7.16. The first kappa shape index (κ1) is 12.3. The number of carbonyl (C=O) groups excluding carboxylic acids is 1. The Hall–Kier alpha value is -0.780. The first-order valence-electron chi connectivity index (χ1n) is 4.76. The summed E-state index contributed by atoms with van der Waals surface area (Å²) in [6, 6.07) is 0. The van der Waals surface area contributed by atoms with E-state index in [4.69, 9.17) is 4.74 Å². The van der Waals surface area contributed by atoms with Crippen LogP contribution in [0.25, 0.3) is 0 Å². The fourth-order valence-electron chi connectivity index (χ4n) is 1.18. The molecule has 0 bridgehead atoms. The molecule has 0 saturated carbocycles. The topological polar surface area (TPSA) is 63.7 Å². The molecule has 0 N–H and O–H groups in total. The third kappa shape index (κ3) is 3.37. The SMILES string of the molecule is CC(C)(C)OC(=O)N1CC(S(C)(=O)=O)C1. The first-order chi connectivity index (χ1) is 6.59. The van der Waals surface area contributed by atoms with Gasteiger partial charge in [0.1, 0.15) is 5.60 Å². The van der Waals surface area contributed by atoms with E-state index in [1.54, 1.807) is 20.8 Å². The standard InChI is InChI=1S/C9H17NO4S/c1-9(2,3)14-8(11)10-5-7(6-10)15(4,12)13/h7H,5-6H2,1-4H3. The lowest BCUT2D eigenvalue weighted by Crippen LogP contribution is -2.57. The number of rotatable bonds is 1. The number of hydrogen-bond donors (Lipinski definition) is 0. The lowest BCUT2D eigenvalue weighted by molar-refractivity contribution is 0.0139. The lowest BCUT2D eigenvalue weighted by Gasteiger charge is -2.38. The van der Waals surface area contributed by atoms with Crippen molar-refractivity contribution in [3.8, 4) is 0 Å². The summed E-state index contributed by atoms with van der Waals surface area (Å²) in [5, 5.41) is -0.426. The Morgan fingerprint density at radius 3 is 2.13 bits per heavy atom. The largest absolute Gasteiger partial charge is 0.444 e. The molecule has 5 nitrogen and oxygen atoms in total. The van der Waals surface area contributed by atoms with E-state index in [1.165, 1.54) is 11.2 Å². The first-order valence-corrected chi connectivity index (χ1v) is 6.72. The molecule has 0 aromatic carbocycles. The summed E-state index contributed by atoms with van der Waals surface area (Å²) in [6.07, 6.45) is 0.742. The Bertz CT molecular complexity index is 349. The van der Waals surface area contributed by atoms with Crippen molar-refractivity contribution in [1.29, 1.82) is 0 Å². The quantitative estimate of drug-likeness (QED) is 0.669. The minimum Gasteiger partial charge on any atom is -0.444 e. The number of nitrogens with zero attached hydrogens (tertiary/aromatic N) is 1. The smallest absolute Gasteiger partial charge is 0.410 e. The highest BCUT2D eigenvalue weighted by Crippen LogP contribution is 2.19. The van der Waals surface area contributed by atoms with Crippen LogP contribution in [0, 0.1) is 0 Å². The highest BCUT2D eigenvalue weighted by molar-refractivity contribution is 7.91. The molecule has 0 unspecified atom stereocenters. The highest BCUT2D eigenvalue weighted by atomic mass is 32.2. The zero-order valence-electron chi connectivity index (χ0n) is 9.48. The van der Waals surface area contributed by atoms with Crippen LogP contribution in [-0.2, 0) is 14.6 Å². The molecule has 1 heterocycles. The number of sulfone groups is 1. The second-order valence-electron chi connectivity index (χ2n) is 4.84. The fourth-order valence-corrected chi connectivity index (χ4v) is 2.09. The number of carbonyl (C=O) groups is 1. The van der Waals surface area contributed by atoms with Gasteiger partial charge in [-0.15, -0.1) is 0 Å². The molecule has 15 heavy (non-hydrogen) atoms. The van der Waals surface area contributed by atoms with E-state index in [0.29, 0.717) is 0 Å². The van der Waals surface area contributed by atoms with Gasteiger partial charge in [-0.1, -0.05) is 0 Å². The highest BCUT2D eigenvalue weighted by Gasteiger charge is 2.39. The Kier molecular flexibility index (Phi) is 3.00. The van der Waals surface area contributed by atoms with Crippen LogP contribution in [0.4, 0.5) is 4.79 Å². The van der Waals surface area contributed by atoms with Gasteiger partial charge in [0.2, 0.25) is 0 Å². The summed E-state index contributed by atoms with van der Waals surface area (Å²) in [5.41, 5.74) is -0.534. The van der Waals surface area contributed by atoms with Gasteiger partial charge >= 0.3 is 6.09 Å². The van der Waals surface area contributed by atoms with Crippen LogP contribution in [0.2, 0.25) is 0 Å². The number of amides is 1. The van der Waals surface area contributed by atoms with Crippen LogP contribution in [0.1, 0.15) is 20.8 Å². The molecule has 1 rings (SSSR count). The monoisotopic (exact) mass is 235 g/mol. The van der Waals surface area contributed by atoms with Gasteiger partial charge in [-0.3, -0.25) is 0 Å². The Morgan fingerprint density at radius 1 is 1.33 bits per heavy atom. The molecule has 1 aliphatic heterocycles. The summed E-state index contributed by atoms with van der Waals surface area (Å²) >= 11 is 0. The minimum atomic E-state index is -3.03. The Balaban J connectivity index is 2.43. The van der Waals surface area contributed by atoms with Crippen molar-refractivity contribution < 1.29 is 17.9 Å². The minimum absolute atomic E-state index is 0.244. The van der Waals surface area contributed by atoms with Crippen molar-refractivity contribution in [1.82, 2.24) is 4.90 Å². The van der Waals surface area contributed by atoms with Crippen LogP contribution in [0.15, 0.2) is 0 Å². The molecular weight excluding hydrogens is 218 g/mol. The van der Waals surface area contributed by atoms with Crippen molar-refractivity contribution in [2.24, 2.45) is 0 Å². The third-order valence-corrected chi connectivity index (χ3v) is 3.61. The van der Waals surface area contributed by atoms with Gasteiger partial charge in [-0.05, 0) is 20.8 Å². The van der Waals surface area contributed by atoms with E-state index in [9.17, 15) is 13.2 Å². The maximum Gasteiger partial charge on any atom is 0.410 e. The van der Waals surface area contributed by atoms with Crippen LogP contribution < -0.4 is 0 Å². The van der Waals surface area contributed by atoms with Crippen molar-refractivity contribution in [2.75, 3.05) is 19.3 Å². The molecule has 88 valence electrons. The number of hydrogen-bond acceptors (Lipinski definition) is 4. The average Bonchev–Trinajstić information content (AvgIpc) is 1.72. The summed E-state index contributed by atoms with van der Waals surface area (Å²) in [7, 11) is -3.03. The Morgan fingerprint density at radius 2 is 1.80 bits per heavy atom. The molecule has 1 aliphatic rings. The molecule has 0 aromatic heterocycles. The van der Waals surface area contributed by atoms with Crippen LogP contribution in [0.5, 0.6) is 0 Å². The van der Waals surface area contributed by atoms with Gasteiger partial charge in [-0.25, -0.2) is 13.2 Å². The Labute approximate surface area is 90.3 Å². The van der Waals surface area contributed by atoms with E-state index < -0.39 is 26.8 Å². The third-order valence-electron chi connectivity index (χ3n) is 2.11. The maximum absolute atomic E-state index is 11.4. The normalized spacial score (nSPS) is 18.5. The van der Waals surface area contributed by atoms with Crippen LogP contribution in [0.3, 0.4) is 0 Å². The van der Waals surface area contributed by atoms with Gasteiger partial charge in [0.25, 0.3) is 0 Å². The number of likely N-dealkylation sites (tertiary alicyclic amines) is 1. The van der Waals surface area contributed by atoms with Crippen molar-refractivity contribution in [2.45, 2.75) is 31.6 Å². The molecule has 1 saturated heterocycles. The zero-order valence-corrected chi connectivity index (χ0v) is 10.3. The molecule has 6 heteroatoms. The predicted molar refractivity (Wildman–Crippen MR) is 56.4 cm³/mol. The van der Waals surface area contributed by atoms with Crippen LogP contribution >= 0.6 is 0 Å². The molecular formula is C9H17NO4S.